The highest BCUT2D eigenvalue weighted by atomic mass is 16.5. The van der Waals surface area contributed by atoms with Gasteiger partial charge < -0.3 is 14.4 Å². The molecule has 1 aromatic rings. The van der Waals surface area contributed by atoms with Crippen LogP contribution >= 0.6 is 0 Å². The molecule has 1 amide bonds. The van der Waals surface area contributed by atoms with Gasteiger partial charge in [0, 0.05) is 57.5 Å². The van der Waals surface area contributed by atoms with Crippen LogP contribution in [0.4, 0.5) is 0 Å². The number of hydrogen-bond acceptors (Lipinski definition) is 5. The fraction of sp³-hybridized carbons (Fsp3) is 0.684. The Kier molecular flexibility index (Phi) is 5.01. The molecule has 25 heavy (non-hydrogen) atoms. The molecule has 0 radical (unpaired) electrons. The van der Waals surface area contributed by atoms with Crippen LogP contribution in [0.25, 0.3) is 0 Å². The second-order valence-electron chi connectivity index (χ2n) is 7.46. The molecule has 1 aromatic heterocycles. The highest BCUT2D eigenvalue weighted by molar-refractivity contribution is 5.80. The SMILES string of the molecule is O=C([C@H]1CN(Cc2ccccn2)CC12CCOCC2)N1CCOCC1. The van der Waals surface area contributed by atoms with Gasteiger partial charge in [-0.05, 0) is 25.0 Å². The Bertz CT molecular complexity index is 583. The maximum absolute atomic E-state index is 13.3. The highest BCUT2D eigenvalue weighted by Gasteiger charge is 2.51. The Labute approximate surface area is 149 Å². The zero-order chi connectivity index (χ0) is 17.1. The van der Waals surface area contributed by atoms with Gasteiger partial charge in [0.1, 0.15) is 0 Å². The number of hydrogen-bond donors (Lipinski definition) is 0. The fourth-order valence-electron chi connectivity index (χ4n) is 4.54. The van der Waals surface area contributed by atoms with E-state index in [-0.39, 0.29) is 11.3 Å². The van der Waals surface area contributed by atoms with Gasteiger partial charge in [0.2, 0.25) is 5.91 Å². The second kappa shape index (κ2) is 7.40. The third-order valence-corrected chi connectivity index (χ3v) is 5.94. The van der Waals surface area contributed by atoms with Crippen molar-refractivity contribution < 1.29 is 14.3 Å². The summed E-state index contributed by atoms with van der Waals surface area (Å²) >= 11 is 0. The fourth-order valence-corrected chi connectivity index (χ4v) is 4.54. The van der Waals surface area contributed by atoms with Crippen molar-refractivity contribution in [1.82, 2.24) is 14.8 Å². The van der Waals surface area contributed by atoms with Gasteiger partial charge in [-0.2, -0.15) is 0 Å². The second-order valence-corrected chi connectivity index (χ2v) is 7.46. The van der Waals surface area contributed by atoms with Crippen molar-refractivity contribution in [3.8, 4) is 0 Å². The molecular formula is C19H27N3O3. The van der Waals surface area contributed by atoms with Crippen molar-refractivity contribution in [1.29, 1.82) is 0 Å². The molecule has 0 N–H and O–H groups in total. The summed E-state index contributed by atoms with van der Waals surface area (Å²) in [5.41, 5.74) is 1.13. The van der Waals surface area contributed by atoms with Crippen LogP contribution in [-0.2, 0) is 20.8 Å². The van der Waals surface area contributed by atoms with E-state index in [0.29, 0.717) is 19.1 Å². The van der Waals surface area contributed by atoms with Crippen molar-refractivity contribution in [3.05, 3.63) is 30.1 Å². The maximum Gasteiger partial charge on any atom is 0.227 e. The first-order chi connectivity index (χ1) is 12.3. The molecule has 0 unspecified atom stereocenters. The number of ether oxygens (including phenoxy) is 2. The topological polar surface area (TPSA) is 54.9 Å². The lowest BCUT2D eigenvalue weighted by Crippen LogP contribution is -2.49. The number of nitrogens with zero attached hydrogens (tertiary/aromatic N) is 3. The predicted molar refractivity (Wildman–Crippen MR) is 92.9 cm³/mol. The van der Waals surface area contributed by atoms with Crippen LogP contribution in [0.5, 0.6) is 0 Å². The van der Waals surface area contributed by atoms with E-state index in [9.17, 15) is 4.79 Å². The zero-order valence-electron chi connectivity index (χ0n) is 14.7. The lowest BCUT2D eigenvalue weighted by molar-refractivity contribution is -0.144. The average Bonchev–Trinajstić information content (AvgIpc) is 3.00. The molecular weight excluding hydrogens is 318 g/mol. The van der Waals surface area contributed by atoms with Gasteiger partial charge >= 0.3 is 0 Å². The van der Waals surface area contributed by atoms with E-state index in [0.717, 1.165) is 64.5 Å². The molecule has 4 rings (SSSR count). The monoisotopic (exact) mass is 345 g/mol. The van der Waals surface area contributed by atoms with E-state index in [1.54, 1.807) is 0 Å². The van der Waals surface area contributed by atoms with Crippen molar-refractivity contribution in [2.45, 2.75) is 19.4 Å². The van der Waals surface area contributed by atoms with Gasteiger partial charge in [0.25, 0.3) is 0 Å². The molecule has 3 fully saturated rings. The first-order valence-corrected chi connectivity index (χ1v) is 9.33. The summed E-state index contributed by atoms with van der Waals surface area (Å²) in [7, 11) is 0. The molecule has 1 spiro atoms. The van der Waals surface area contributed by atoms with Crippen LogP contribution in [-0.4, -0.2) is 73.3 Å². The summed E-state index contributed by atoms with van der Waals surface area (Å²) in [4.78, 5) is 22.1. The molecule has 0 bridgehead atoms. The number of rotatable bonds is 3. The minimum Gasteiger partial charge on any atom is -0.381 e. The van der Waals surface area contributed by atoms with Gasteiger partial charge in [-0.15, -0.1) is 0 Å². The van der Waals surface area contributed by atoms with Crippen LogP contribution in [0.1, 0.15) is 18.5 Å². The Balaban J connectivity index is 1.51. The summed E-state index contributed by atoms with van der Waals surface area (Å²) < 4.78 is 11.0. The van der Waals surface area contributed by atoms with Gasteiger partial charge in [-0.1, -0.05) is 6.07 Å². The zero-order valence-corrected chi connectivity index (χ0v) is 14.7. The standard InChI is InChI=1S/C19H27N3O3/c23-18(22-7-11-25-12-8-22)17-14-21(13-16-3-1-2-6-20-16)15-19(17)4-9-24-10-5-19/h1-3,6,17H,4-5,7-15H2/t17-/m1/s1. The normalized spacial score (nSPS) is 26.9. The van der Waals surface area contributed by atoms with Crippen molar-refractivity contribution in [2.75, 3.05) is 52.6 Å². The molecule has 0 aromatic carbocycles. The number of morpholine rings is 1. The lowest BCUT2D eigenvalue weighted by Gasteiger charge is -2.40. The van der Waals surface area contributed by atoms with E-state index in [1.807, 2.05) is 23.2 Å². The lowest BCUT2D eigenvalue weighted by atomic mass is 9.71. The van der Waals surface area contributed by atoms with E-state index in [1.165, 1.54) is 0 Å². The molecule has 0 saturated carbocycles. The first-order valence-electron chi connectivity index (χ1n) is 9.33. The van der Waals surface area contributed by atoms with E-state index in [4.69, 9.17) is 9.47 Å². The van der Waals surface area contributed by atoms with E-state index >= 15 is 0 Å². The van der Waals surface area contributed by atoms with E-state index in [2.05, 4.69) is 16.0 Å². The summed E-state index contributed by atoms with van der Waals surface area (Å²) in [5, 5.41) is 0. The smallest absolute Gasteiger partial charge is 0.227 e. The average molecular weight is 345 g/mol. The number of carbonyl (C=O) groups is 1. The van der Waals surface area contributed by atoms with Crippen LogP contribution in [0, 0.1) is 11.3 Å². The maximum atomic E-state index is 13.3. The number of amides is 1. The Morgan fingerprint density at radius 3 is 2.64 bits per heavy atom. The molecule has 3 aliphatic rings. The van der Waals surface area contributed by atoms with Gasteiger partial charge in [0.15, 0.2) is 0 Å². The first kappa shape index (κ1) is 16.9. The number of aromatic nitrogens is 1. The predicted octanol–water partition coefficient (Wildman–Crippen LogP) is 1.17. The van der Waals surface area contributed by atoms with Crippen LogP contribution in [0.15, 0.2) is 24.4 Å². The minimum absolute atomic E-state index is 0.0580. The van der Waals surface area contributed by atoms with Crippen LogP contribution < -0.4 is 0 Å². The summed E-state index contributed by atoms with van der Waals surface area (Å²) in [5.74, 6) is 0.381. The van der Waals surface area contributed by atoms with Crippen molar-refractivity contribution in [3.63, 3.8) is 0 Å². The van der Waals surface area contributed by atoms with Crippen LogP contribution in [0.2, 0.25) is 0 Å². The van der Waals surface area contributed by atoms with Crippen LogP contribution in [0.3, 0.4) is 0 Å². The molecule has 6 heteroatoms. The molecule has 1 atom stereocenters. The van der Waals surface area contributed by atoms with Gasteiger partial charge in [0.05, 0.1) is 24.8 Å². The van der Waals surface area contributed by atoms with E-state index < -0.39 is 0 Å². The number of likely N-dealkylation sites (tertiary alicyclic amines) is 1. The number of carbonyl (C=O) groups excluding carboxylic acids is 1. The molecule has 3 saturated heterocycles. The molecule has 136 valence electrons. The Morgan fingerprint density at radius 1 is 1.16 bits per heavy atom. The minimum atomic E-state index is 0.0580. The molecule has 6 nitrogen and oxygen atoms in total. The Hall–Kier alpha value is -1.50. The largest absolute Gasteiger partial charge is 0.381 e. The highest BCUT2D eigenvalue weighted by Crippen LogP contribution is 2.45. The molecule has 0 aliphatic carbocycles. The Morgan fingerprint density at radius 2 is 1.92 bits per heavy atom. The summed E-state index contributed by atoms with van der Waals surface area (Å²) in [6.07, 6.45) is 3.80. The third-order valence-electron chi connectivity index (χ3n) is 5.94. The van der Waals surface area contributed by atoms with Crippen molar-refractivity contribution >= 4 is 5.91 Å². The molecule has 4 heterocycles. The quantitative estimate of drug-likeness (QED) is 0.823. The summed E-state index contributed by atoms with van der Waals surface area (Å²) in [6.45, 7) is 6.91. The van der Waals surface area contributed by atoms with Gasteiger partial charge in [-0.25, -0.2) is 0 Å². The third kappa shape index (κ3) is 3.57. The van der Waals surface area contributed by atoms with Crippen molar-refractivity contribution in [2.24, 2.45) is 11.3 Å². The summed E-state index contributed by atoms with van der Waals surface area (Å²) in [6, 6.07) is 6.03. The number of pyridine rings is 1. The van der Waals surface area contributed by atoms with Gasteiger partial charge in [-0.3, -0.25) is 14.7 Å². The molecule has 3 aliphatic heterocycles.